The number of amides is 2. The van der Waals surface area contributed by atoms with Crippen molar-refractivity contribution in [1.82, 2.24) is 15.2 Å². The molecule has 10 nitrogen and oxygen atoms in total. The second-order valence-corrected chi connectivity index (χ2v) is 7.50. The van der Waals surface area contributed by atoms with Gasteiger partial charge in [0.25, 0.3) is 5.91 Å². The third-order valence-electron chi connectivity index (χ3n) is 4.49. The van der Waals surface area contributed by atoms with Crippen LogP contribution in [0.4, 0.5) is 16.8 Å². The predicted octanol–water partition coefficient (Wildman–Crippen LogP) is 1.51. The third kappa shape index (κ3) is 3.62. The zero-order valence-corrected chi connectivity index (χ0v) is 16.1. The molecule has 4 rings (SSSR count). The lowest BCUT2D eigenvalue weighted by Crippen LogP contribution is -2.49. The number of nitrogens with zero attached hydrogens (tertiary/aromatic N) is 4. The number of rotatable bonds is 5. The zero-order valence-electron chi connectivity index (χ0n) is 15.3. The minimum atomic E-state index is -0.668. The Morgan fingerprint density at radius 3 is 3.04 bits per heavy atom. The summed E-state index contributed by atoms with van der Waals surface area (Å²) in [5.41, 5.74) is 5.74. The van der Waals surface area contributed by atoms with Crippen LogP contribution < -0.4 is 20.7 Å². The molecule has 28 heavy (non-hydrogen) atoms. The molecule has 2 unspecified atom stereocenters. The molecule has 0 spiro atoms. The molecule has 4 heterocycles. The van der Waals surface area contributed by atoms with Gasteiger partial charge < -0.3 is 15.2 Å². The molecule has 2 aliphatic rings. The van der Waals surface area contributed by atoms with E-state index in [0.717, 1.165) is 17.8 Å². The number of fused-ring (bicyclic) bond motifs is 1. The SMILES string of the molecule is CCC1Oc2ccc(N)nc2N(CC(=O)Nc2nnc(C3CCCO3)s2)C1=O. The molecular weight excluding hydrogens is 384 g/mol. The average molecular weight is 404 g/mol. The number of nitrogens with one attached hydrogen (secondary N) is 1. The number of carbonyl (C=O) groups is 2. The number of ether oxygens (including phenoxy) is 2. The highest BCUT2D eigenvalue weighted by Gasteiger charge is 2.36. The summed E-state index contributed by atoms with van der Waals surface area (Å²) in [5, 5.41) is 11.9. The zero-order chi connectivity index (χ0) is 19.7. The minimum Gasteiger partial charge on any atom is -0.477 e. The molecule has 0 saturated carbocycles. The van der Waals surface area contributed by atoms with Crippen molar-refractivity contribution in [3.63, 3.8) is 0 Å². The summed E-state index contributed by atoms with van der Waals surface area (Å²) in [7, 11) is 0. The molecule has 0 aliphatic carbocycles. The van der Waals surface area contributed by atoms with Crippen LogP contribution in [0.3, 0.4) is 0 Å². The Morgan fingerprint density at radius 1 is 1.43 bits per heavy atom. The lowest BCUT2D eigenvalue weighted by molar-refractivity contribution is -0.128. The van der Waals surface area contributed by atoms with E-state index < -0.39 is 12.0 Å². The van der Waals surface area contributed by atoms with Gasteiger partial charge in [0.2, 0.25) is 11.0 Å². The Bertz CT molecular complexity index is 898. The summed E-state index contributed by atoms with van der Waals surface area (Å²) in [4.78, 5) is 30.7. The van der Waals surface area contributed by atoms with Gasteiger partial charge in [-0.1, -0.05) is 18.3 Å². The lowest BCUT2D eigenvalue weighted by atomic mass is 10.2. The highest BCUT2D eigenvalue weighted by molar-refractivity contribution is 7.15. The van der Waals surface area contributed by atoms with Crippen LogP contribution in [0, 0.1) is 0 Å². The summed E-state index contributed by atoms with van der Waals surface area (Å²) in [6, 6.07) is 3.24. The number of carbonyl (C=O) groups excluding carboxylic acids is 2. The van der Waals surface area contributed by atoms with E-state index in [-0.39, 0.29) is 30.2 Å². The molecule has 2 aliphatic heterocycles. The number of aromatic nitrogens is 3. The molecule has 3 N–H and O–H groups in total. The second-order valence-electron chi connectivity index (χ2n) is 6.49. The van der Waals surface area contributed by atoms with Crippen molar-refractivity contribution in [2.24, 2.45) is 0 Å². The Kier molecular flexibility index (Phi) is 5.09. The van der Waals surface area contributed by atoms with Gasteiger partial charge in [-0.2, -0.15) is 0 Å². The molecule has 0 radical (unpaired) electrons. The normalized spacial score (nSPS) is 21.3. The van der Waals surface area contributed by atoms with Crippen molar-refractivity contribution in [2.45, 2.75) is 38.4 Å². The molecule has 2 aromatic heterocycles. The van der Waals surface area contributed by atoms with Gasteiger partial charge in [0.15, 0.2) is 17.7 Å². The van der Waals surface area contributed by atoms with E-state index in [1.165, 1.54) is 16.2 Å². The number of hydrogen-bond acceptors (Lipinski definition) is 9. The first-order chi connectivity index (χ1) is 13.5. The van der Waals surface area contributed by atoms with E-state index in [4.69, 9.17) is 15.2 Å². The summed E-state index contributed by atoms with van der Waals surface area (Å²) < 4.78 is 11.2. The maximum Gasteiger partial charge on any atom is 0.269 e. The highest BCUT2D eigenvalue weighted by atomic mass is 32.1. The van der Waals surface area contributed by atoms with Crippen molar-refractivity contribution >= 4 is 39.9 Å². The second kappa shape index (κ2) is 7.68. The maximum atomic E-state index is 12.7. The standard InChI is InChI=1S/C17H20N6O4S/c1-2-9-16(25)23(14-10(27-9)5-6-12(18)19-14)8-13(24)20-17-22-21-15(28-17)11-4-3-7-26-11/h5-6,9,11H,2-4,7-8H2,1H3,(H2,18,19)(H,20,22,24). The van der Waals surface area contributed by atoms with Gasteiger partial charge in [-0.3, -0.25) is 19.8 Å². The van der Waals surface area contributed by atoms with Gasteiger partial charge >= 0.3 is 0 Å². The van der Waals surface area contributed by atoms with E-state index in [2.05, 4.69) is 20.5 Å². The number of anilines is 3. The van der Waals surface area contributed by atoms with Crippen LogP contribution in [0.2, 0.25) is 0 Å². The summed E-state index contributed by atoms with van der Waals surface area (Å²) >= 11 is 1.27. The predicted molar refractivity (Wildman–Crippen MR) is 102 cm³/mol. The molecule has 2 amide bonds. The Balaban J connectivity index is 1.49. The number of nitrogen functional groups attached to an aromatic ring is 1. The molecule has 0 bridgehead atoms. The van der Waals surface area contributed by atoms with Crippen molar-refractivity contribution in [1.29, 1.82) is 0 Å². The molecule has 2 atom stereocenters. The fourth-order valence-electron chi connectivity index (χ4n) is 3.12. The quantitative estimate of drug-likeness (QED) is 0.766. The van der Waals surface area contributed by atoms with Crippen molar-refractivity contribution in [3.8, 4) is 5.75 Å². The topological polar surface area (TPSA) is 133 Å². The van der Waals surface area contributed by atoms with Crippen LogP contribution in [-0.4, -0.2) is 46.3 Å². The van der Waals surface area contributed by atoms with Crippen LogP contribution in [0.25, 0.3) is 0 Å². The Hall–Kier alpha value is -2.79. The Morgan fingerprint density at radius 2 is 2.29 bits per heavy atom. The van der Waals surface area contributed by atoms with Gasteiger partial charge in [-0.25, -0.2) is 4.98 Å². The van der Waals surface area contributed by atoms with Crippen molar-refractivity contribution < 1.29 is 19.1 Å². The first-order valence-electron chi connectivity index (χ1n) is 9.04. The van der Waals surface area contributed by atoms with E-state index in [1.807, 2.05) is 6.92 Å². The number of hydrogen-bond donors (Lipinski definition) is 2. The third-order valence-corrected chi connectivity index (χ3v) is 5.42. The highest BCUT2D eigenvalue weighted by Crippen LogP contribution is 2.34. The van der Waals surface area contributed by atoms with Crippen LogP contribution in [0.1, 0.15) is 37.3 Å². The van der Waals surface area contributed by atoms with Crippen LogP contribution in [-0.2, 0) is 14.3 Å². The van der Waals surface area contributed by atoms with E-state index in [1.54, 1.807) is 12.1 Å². The molecule has 1 fully saturated rings. The van der Waals surface area contributed by atoms with Gasteiger partial charge in [-0.15, -0.1) is 10.2 Å². The van der Waals surface area contributed by atoms with Gasteiger partial charge in [0, 0.05) is 6.61 Å². The fourth-order valence-corrected chi connectivity index (χ4v) is 3.96. The van der Waals surface area contributed by atoms with Crippen LogP contribution in [0.5, 0.6) is 5.75 Å². The first-order valence-corrected chi connectivity index (χ1v) is 9.86. The molecular formula is C17H20N6O4S. The fraction of sp³-hybridized carbons (Fsp3) is 0.471. The number of nitrogens with two attached hydrogens (primary N) is 1. The van der Waals surface area contributed by atoms with Crippen molar-refractivity contribution in [3.05, 3.63) is 17.1 Å². The van der Waals surface area contributed by atoms with E-state index >= 15 is 0 Å². The largest absolute Gasteiger partial charge is 0.477 e. The van der Waals surface area contributed by atoms with E-state index in [9.17, 15) is 9.59 Å². The lowest BCUT2D eigenvalue weighted by Gasteiger charge is -2.32. The van der Waals surface area contributed by atoms with Crippen LogP contribution in [0.15, 0.2) is 12.1 Å². The first kappa shape index (κ1) is 18.6. The van der Waals surface area contributed by atoms with Crippen molar-refractivity contribution in [2.75, 3.05) is 29.1 Å². The minimum absolute atomic E-state index is 0.0617. The van der Waals surface area contributed by atoms with Gasteiger partial charge in [0.05, 0.1) is 0 Å². The van der Waals surface area contributed by atoms with Crippen LogP contribution >= 0.6 is 11.3 Å². The molecule has 11 heteroatoms. The summed E-state index contributed by atoms with van der Waals surface area (Å²) in [6.45, 7) is 2.32. The monoisotopic (exact) mass is 404 g/mol. The average Bonchev–Trinajstić information content (AvgIpc) is 3.35. The maximum absolute atomic E-state index is 12.7. The Labute approximate surface area is 165 Å². The smallest absolute Gasteiger partial charge is 0.269 e. The van der Waals surface area contributed by atoms with Gasteiger partial charge in [0.1, 0.15) is 23.5 Å². The van der Waals surface area contributed by atoms with Gasteiger partial charge in [-0.05, 0) is 31.4 Å². The molecule has 2 aromatic rings. The molecule has 0 aromatic carbocycles. The number of pyridine rings is 1. The summed E-state index contributed by atoms with van der Waals surface area (Å²) in [6.07, 6.45) is 1.63. The summed E-state index contributed by atoms with van der Waals surface area (Å²) in [5.74, 6) is 0.156. The molecule has 148 valence electrons. The molecule has 1 saturated heterocycles. The van der Waals surface area contributed by atoms with E-state index in [0.29, 0.717) is 23.9 Å².